The molecule has 4 heteroatoms. The highest BCUT2D eigenvalue weighted by Gasteiger charge is 2.20. The summed E-state index contributed by atoms with van der Waals surface area (Å²) >= 11 is 9.52. The number of nitrogens with zero attached hydrogens (tertiary/aromatic N) is 1. The summed E-state index contributed by atoms with van der Waals surface area (Å²) in [5.74, 6) is 0. The van der Waals surface area contributed by atoms with Crippen LogP contribution in [0.2, 0.25) is 5.02 Å². The predicted octanol–water partition coefficient (Wildman–Crippen LogP) is 3.46. The Morgan fingerprint density at radius 3 is 3.06 bits per heavy atom. The van der Waals surface area contributed by atoms with Gasteiger partial charge in [-0.3, -0.25) is 0 Å². The lowest BCUT2D eigenvalue weighted by Crippen LogP contribution is -2.44. The van der Waals surface area contributed by atoms with Crippen molar-refractivity contribution in [3.8, 4) is 0 Å². The van der Waals surface area contributed by atoms with Gasteiger partial charge in [-0.05, 0) is 30.7 Å². The van der Waals surface area contributed by atoms with Crippen LogP contribution < -0.4 is 4.90 Å². The van der Waals surface area contributed by atoms with Crippen molar-refractivity contribution in [1.82, 2.24) is 0 Å². The molecule has 2 rings (SSSR count). The number of halogens is 2. The SMILES string of the molecule is CC1COCCN1c1ccc(Cl)cc1CBr. The third-order valence-electron chi connectivity index (χ3n) is 2.86. The molecule has 16 heavy (non-hydrogen) atoms. The maximum absolute atomic E-state index is 6.01. The van der Waals surface area contributed by atoms with E-state index in [1.165, 1.54) is 11.3 Å². The topological polar surface area (TPSA) is 12.5 Å². The third-order valence-corrected chi connectivity index (χ3v) is 3.70. The molecular formula is C12H15BrClNO. The normalized spacial score (nSPS) is 21.2. The number of anilines is 1. The molecule has 0 aromatic heterocycles. The largest absolute Gasteiger partial charge is 0.377 e. The highest BCUT2D eigenvalue weighted by Crippen LogP contribution is 2.28. The fourth-order valence-electron chi connectivity index (χ4n) is 2.03. The minimum atomic E-state index is 0.424. The van der Waals surface area contributed by atoms with E-state index in [1.54, 1.807) is 0 Å². The zero-order chi connectivity index (χ0) is 11.5. The summed E-state index contributed by atoms with van der Waals surface area (Å²) in [6.45, 7) is 4.73. The van der Waals surface area contributed by atoms with Gasteiger partial charge < -0.3 is 9.64 Å². The molecule has 0 aliphatic carbocycles. The first-order valence-electron chi connectivity index (χ1n) is 5.41. The van der Waals surface area contributed by atoms with Crippen molar-refractivity contribution in [3.63, 3.8) is 0 Å². The van der Waals surface area contributed by atoms with Crippen molar-refractivity contribution >= 4 is 33.2 Å². The molecule has 1 aromatic carbocycles. The Kier molecular flexibility index (Phi) is 4.11. The lowest BCUT2D eigenvalue weighted by molar-refractivity contribution is 0.0989. The summed E-state index contributed by atoms with van der Waals surface area (Å²) in [6.07, 6.45) is 0. The average Bonchev–Trinajstić information content (AvgIpc) is 2.30. The van der Waals surface area contributed by atoms with Crippen LogP contribution in [0.25, 0.3) is 0 Å². The van der Waals surface area contributed by atoms with E-state index in [2.05, 4.69) is 33.8 Å². The van der Waals surface area contributed by atoms with Gasteiger partial charge in [0.2, 0.25) is 0 Å². The Bertz CT molecular complexity index is 372. The van der Waals surface area contributed by atoms with E-state index in [0.29, 0.717) is 6.04 Å². The minimum absolute atomic E-state index is 0.424. The number of alkyl halides is 1. The second kappa shape index (κ2) is 5.39. The van der Waals surface area contributed by atoms with Gasteiger partial charge in [0.1, 0.15) is 0 Å². The first kappa shape index (κ1) is 12.2. The molecule has 2 nitrogen and oxygen atoms in total. The smallest absolute Gasteiger partial charge is 0.0668 e. The van der Waals surface area contributed by atoms with E-state index < -0.39 is 0 Å². The Morgan fingerprint density at radius 1 is 1.56 bits per heavy atom. The number of benzene rings is 1. The molecular weight excluding hydrogens is 289 g/mol. The van der Waals surface area contributed by atoms with Gasteiger partial charge in [0, 0.05) is 28.6 Å². The number of morpholine rings is 1. The minimum Gasteiger partial charge on any atom is -0.377 e. The molecule has 0 amide bonds. The Hall–Kier alpha value is -0.250. The van der Waals surface area contributed by atoms with Crippen molar-refractivity contribution in [1.29, 1.82) is 0 Å². The van der Waals surface area contributed by atoms with Gasteiger partial charge in [0.15, 0.2) is 0 Å². The second-order valence-corrected chi connectivity index (χ2v) is 5.02. The van der Waals surface area contributed by atoms with Crippen LogP contribution in [0.15, 0.2) is 18.2 Å². The summed E-state index contributed by atoms with van der Waals surface area (Å²) in [4.78, 5) is 2.39. The summed E-state index contributed by atoms with van der Waals surface area (Å²) < 4.78 is 5.45. The van der Waals surface area contributed by atoms with E-state index in [1.807, 2.05) is 12.1 Å². The number of hydrogen-bond donors (Lipinski definition) is 0. The zero-order valence-electron chi connectivity index (χ0n) is 9.25. The average molecular weight is 305 g/mol. The molecule has 1 saturated heterocycles. The lowest BCUT2D eigenvalue weighted by atomic mass is 10.1. The Morgan fingerprint density at radius 2 is 2.38 bits per heavy atom. The van der Waals surface area contributed by atoms with Crippen LogP contribution in [0.1, 0.15) is 12.5 Å². The number of rotatable bonds is 2. The second-order valence-electron chi connectivity index (χ2n) is 4.02. The van der Waals surface area contributed by atoms with E-state index in [9.17, 15) is 0 Å². The molecule has 1 fully saturated rings. The molecule has 88 valence electrons. The molecule has 0 bridgehead atoms. The molecule has 1 atom stereocenters. The first-order chi connectivity index (χ1) is 7.72. The maximum Gasteiger partial charge on any atom is 0.0668 e. The van der Waals surface area contributed by atoms with Gasteiger partial charge >= 0.3 is 0 Å². The van der Waals surface area contributed by atoms with Crippen molar-refractivity contribution in [2.75, 3.05) is 24.7 Å². The molecule has 1 aromatic rings. The summed E-state index contributed by atoms with van der Waals surface area (Å²) in [5, 5.41) is 1.62. The van der Waals surface area contributed by atoms with Crippen LogP contribution in [0.5, 0.6) is 0 Å². The first-order valence-corrected chi connectivity index (χ1v) is 6.91. The van der Waals surface area contributed by atoms with E-state index in [0.717, 1.165) is 30.1 Å². The van der Waals surface area contributed by atoms with Crippen LogP contribution in [0.4, 0.5) is 5.69 Å². The summed E-state index contributed by atoms with van der Waals surface area (Å²) in [6, 6.07) is 6.49. The van der Waals surface area contributed by atoms with Crippen LogP contribution in [0.3, 0.4) is 0 Å². The predicted molar refractivity (Wildman–Crippen MR) is 71.7 cm³/mol. The van der Waals surface area contributed by atoms with Crippen molar-refractivity contribution in [2.24, 2.45) is 0 Å². The zero-order valence-corrected chi connectivity index (χ0v) is 11.6. The summed E-state index contributed by atoms with van der Waals surface area (Å²) in [5.41, 5.74) is 2.50. The molecule has 0 saturated carbocycles. The Balaban J connectivity index is 2.30. The quantitative estimate of drug-likeness (QED) is 0.776. The molecule has 1 aliphatic heterocycles. The van der Waals surface area contributed by atoms with E-state index in [-0.39, 0.29) is 0 Å². The van der Waals surface area contributed by atoms with Crippen molar-refractivity contribution < 1.29 is 4.74 Å². The molecule has 0 radical (unpaired) electrons. The standard InChI is InChI=1S/C12H15BrClNO/c1-9-8-16-5-4-15(9)12-3-2-11(14)6-10(12)7-13/h2-3,6,9H,4-5,7-8H2,1H3. The van der Waals surface area contributed by atoms with Crippen molar-refractivity contribution in [3.05, 3.63) is 28.8 Å². The fourth-order valence-corrected chi connectivity index (χ4v) is 2.67. The third kappa shape index (κ3) is 2.53. The van der Waals surface area contributed by atoms with E-state index in [4.69, 9.17) is 16.3 Å². The fraction of sp³-hybridized carbons (Fsp3) is 0.500. The van der Waals surface area contributed by atoms with Crippen LogP contribution in [-0.2, 0) is 10.1 Å². The van der Waals surface area contributed by atoms with Gasteiger partial charge in [-0.1, -0.05) is 27.5 Å². The van der Waals surface area contributed by atoms with Crippen LogP contribution >= 0.6 is 27.5 Å². The molecule has 1 unspecified atom stereocenters. The highest BCUT2D eigenvalue weighted by molar-refractivity contribution is 9.08. The van der Waals surface area contributed by atoms with Crippen LogP contribution in [0, 0.1) is 0 Å². The summed E-state index contributed by atoms with van der Waals surface area (Å²) in [7, 11) is 0. The maximum atomic E-state index is 6.01. The van der Waals surface area contributed by atoms with Gasteiger partial charge in [-0.25, -0.2) is 0 Å². The van der Waals surface area contributed by atoms with Crippen LogP contribution in [-0.4, -0.2) is 25.8 Å². The highest BCUT2D eigenvalue weighted by atomic mass is 79.9. The van der Waals surface area contributed by atoms with E-state index >= 15 is 0 Å². The molecule has 0 N–H and O–H groups in total. The van der Waals surface area contributed by atoms with Gasteiger partial charge in [-0.15, -0.1) is 0 Å². The molecule has 1 heterocycles. The molecule has 0 spiro atoms. The van der Waals surface area contributed by atoms with Gasteiger partial charge in [0.25, 0.3) is 0 Å². The monoisotopic (exact) mass is 303 g/mol. The van der Waals surface area contributed by atoms with Crippen molar-refractivity contribution in [2.45, 2.75) is 18.3 Å². The molecule has 1 aliphatic rings. The Labute approximate surface area is 110 Å². The number of ether oxygens (including phenoxy) is 1. The lowest BCUT2D eigenvalue weighted by Gasteiger charge is -2.36. The van der Waals surface area contributed by atoms with Gasteiger partial charge in [-0.2, -0.15) is 0 Å². The number of hydrogen-bond acceptors (Lipinski definition) is 2. The van der Waals surface area contributed by atoms with Gasteiger partial charge in [0.05, 0.1) is 13.2 Å².